The first-order valence-electron chi connectivity index (χ1n) is 8.29. The molecule has 0 saturated carbocycles. The second-order valence-corrected chi connectivity index (χ2v) is 7.14. The van der Waals surface area contributed by atoms with Crippen LogP contribution >= 0.6 is 15.9 Å². The molecule has 0 bridgehead atoms. The minimum atomic E-state index is -0.699. The predicted molar refractivity (Wildman–Crippen MR) is 97.2 cm³/mol. The second kappa shape index (κ2) is 7.19. The van der Waals surface area contributed by atoms with Crippen molar-refractivity contribution in [3.05, 3.63) is 33.6 Å². The molecule has 0 saturated heterocycles. The summed E-state index contributed by atoms with van der Waals surface area (Å²) in [7, 11) is 1.27. The van der Waals surface area contributed by atoms with Gasteiger partial charge in [-0.15, -0.1) is 0 Å². The number of halogens is 2. The van der Waals surface area contributed by atoms with E-state index in [0.717, 1.165) is 17.7 Å². The van der Waals surface area contributed by atoms with Gasteiger partial charge < -0.3 is 10.1 Å². The van der Waals surface area contributed by atoms with Gasteiger partial charge in [0.25, 0.3) is 11.8 Å². The van der Waals surface area contributed by atoms with Crippen molar-refractivity contribution in [2.75, 3.05) is 17.3 Å². The molecule has 8 heteroatoms. The highest BCUT2D eigenvalue weighted by molar-refractivity contribution is 9.10. The first-order valence-corrected chi connectivity index (χ1v) is 9.08. The standard InChI is InChI=1S/C18H18BrFN2O4/c1-9(18(25)26-2)21-14-8-15(13(20)7-12(14)19)22-16(23)10-5-3-4-6-11(10)17(22)24/h7-9,21H,3-6H2,1-2H3. The third-order valence-corrected chi connectivity index (χ3v) is 5.25. The summed E-state index contributed by atoms with van der Waals surface area (Å²) < 4.78 is 19.6. The second-order valence-electron chi connectivity index (χ2n) is 6.28. The van der Waals surface area contributed by atoms with Crippen molar-refractivity contribution in [2.24, 2.45) is 0 Å². The average Bonchev–Trinajstić information content (AvgIpc) is 2.88. The van der Waals surface area contributed by atoms with E-state index in [1.54, 1.807) is 6.92 Å². The number of nitrogens with zero attached hydrogens (tertiary/aromatic N) is 1. The van der Waals surface area contributed by atoms with Gasteiger partial charge in [-0.1, -0.05) is 0 Å². The number of nitrogens with one attached hydrogen (secondary N) is 1. The van der Waals surface area contributed by atoms with Crippen molar-refractivity contribution < 1.29 is 23.5 Å². The van der Waals surface area contributed by atoms with E-state index >= 15 is 0 Å². The summed E-state index contributed by atoms with van der Waals surface area (Å²) in [6, 6.07) is 1.83. The quantitative estimate of drug-likeness (QED) is 0.592. The largest absolute Gasteiger partial charge is 0.467 e. The lowest BCUT2D eigenvalue weighted by atomic mass is 9.93. The van der Waals surface area contributed by atoms with Gasteiger partial charge >= 0.3 is 5.97 Å². The summed E-state index contributed by atoms with van der Waals surface area (Å²) in [5.74, 6) is -2.11. The fraction of sp³-hybridized carbons (Fsp3) is 0.389. The number of benzene rings is 1. The summed E-state index contributed by atoms with van der Waals surface area (Å²) in [4.78, 5) is 37.8. The molecule has 1 aliphatic heterocycles. The molecule has 3 rings (SSSR count). The molecule has 1 unspecified atom stereocenters. The molecular formula is C18H18BrFN2O4. The van der Waals surface area contributed by atoms with E-state index in [-0.39, 0.29) is 5.69 Å². The molecule has 1 aromatic carbocycles. The van der Waals surface area contributed by atoms with E-state index in [1.165, 1.54) is 19.2 Å². The Morgan fingerprint density at radius 2 is 1.81 bits per heavy atom. The van der Waals surface area contributed by atoms with E-state index in [0.29, 0.717) is 34.1 Å². The monoisotopic (exact) mass is 424 g/mol. The van der Waals surface area contributed by atoms with Crippen molar-refractivity contribution in [1.82, 2.24) is 0 Å². The highest BCUT2D eigenvalue weighted by Crippen LogP contribution is 2.39. The highest BCUT2D eigenvalue weighted by atomic mass is 79.9. The van der Waals surface area contributed by atoms with Crippen LogP contribution in [0.2, 0.25) is 0 Å². The fourth-order valence-corrected chi connectivity index (χ4v) is 3.68. The molecule has 1 atom stereocenters. The zero-order chi connectivity index (χ0) is 19.0. The summed E-state index contributed by atoms with van der Waals surface area (Å²) >= 11 is 3.23. The Balaban J connectivity index is 1.96. The van der Waals surface area contributed by atoms with Crippen molar-refractivity contribution in [1.29, 1.82) is 0 Å². The van der Waals surface area contributed by atoms with Crippen LogP contribution in [0.4, 0.5) is 15.8 Å². The lowest BCUT2D eigenvalue weighted by Gasteiger charge is -2.20. The number of hydrogen-bond donors (Lipinski definition) is 1. The van der Waals surface area contributed by atoms with Gasteiger partial charge in [0.15, 0.2) is 0 Å². The van der Waals surface area contributed by atoms with Crippen molar-refractivity contribution in [3.8, 4) is 0 Å². The van der Waals surface area contributed by atoms with Crippen LogP contribution in [-0.2, 0) is 19.1 Å². The Bertz CT molecular complexity index is 809. The topological polar surface area (TPSA) is 75.7 Å². The molecule has 2 aliphatic rings. The van der Waals surface area contributed by atoms with Crippen LogP contribution in [-0.4, -0.2) is 30.9 Å². The molecular weight excluding hydrogens is 407 g/mol. The van der Waals surface area contributed by atoms with Gasteiger partial charge in [-0.05, 0) is 60.7 Å². The minimum absolute atomic E-state index is 0.128. The van der Waals surface area contributed by atoms with Gasteiger partial charge in [0, 0.05) is 15.6 Å². The summed E-state index contributed by atoms with van der Waals surface area (Å²) in [5, 5.41) is 2.89. The average molecular weight is 425 g/mol. The molecule has 1 heterocycles. The molecule has 0 aromatic heterocycles. The Kier molecular flexibility index (Phi) is 5.13. The number of rotatable bonds is 4. The summed E-state index contributed by atoms with van der Waals surface area (Å²) in [6.45, 7) is 1.59. The normalized spacial score (nSPS) is 18.1. The Labute approximate surface area is 158 Å². The number of carbonyl (C=O) groups is 3. The Morgan fingerprint density at radius 3 is 2.35 bits per heavy atom. The first kappa shape index (κ1) is 18.6. The van der Waals surface area contributed by atoms with Crippen LogP contribution in [0, 0.1) is 5.82 Å². The SMILES string of the molecule is COC(=O)C(C)Nc1cc(N2C(=O)C3=C(CCCC3)C2=O)c(F)cc1Br. The number of esters is 1. The number of imide groups is 1. The van der Waals surface area contributed by atoms with E-state index in [2.05, 4.69) is 26.0 Å². The van der Waals surface area contributed by atoms with Crippen molar-refractivity contribution in [2.45, 2.75) is 38.6 Å². The number of amides is 2. The molecule has 1 aromatic rings. The summed E-state index contributed by atoms with van der Waals surface area (Å²) in [6.07, 6.45) is 2.77. The van der Waals surface area contributed by atoms with E-state index in [1.807, 2.05) is 0 Å². The number of anilines is 2. The Morgan fingerprint density at radius 1 is 1.23 bits per heavy atom. The number of carbonyl (C=O) groups excluding carboxylic acids is 3. The zero-order valence-electron chi connectivity index (χ0n) is 14.4. The number of methoxy groups -OCH3 is 1. The van der Waals surface area contributed by atoms with E-state index in [4.69, 9.17) is 0 Å². The fourth-order valence-electron chi connectivity index (χ4n) is 3.25. The highest BCUT2D eigenvalue weighted by Gasteiger charge is 2.41. The van der Waals surface area contributed by atoms with Crippen LogP contribution in [0.3, 0.4) is 0 Å². The molecule has 26 heavy (non-hydrogen) atoms. The van der Waals surface area contributed by atoms with Crippen LogP contribution < -0.4 is 10.2 Å². The van der Waals surface area contributed by atoms with Crippen molar-refractivity contribution in [3.63, 3.8) is 0 Å². The minimum Gasteiger partial charge on any atom is -0.467 e. The smallest absolute Gasteiger partial charge is 0.327 e. The van der Waals surface area contributed by atoms with Gasteiger partial charge in [0.1, 0.15) is 11.9 Å². The molecule has 2 amide bonds. The number of ether oxygens (including phenoxy) is 1. The van der Waals surface area contributed by atoms with Crippen LogP contribution in [0.15, 0.2) is 27.8 Å². The van der Waals surface area contributed by atoms with E-state index < -0.39 is 29.6 Å². The third-order valence-electron chi connectivity index (χ3n) is 4.59. The lowest BCUT2D eigenvalue weighted by molar-refractivity contribution is -0.141. The molecule has 0 fully saturated rings. The zero-order valence-corrected chi connectivity index (χ0v) is 16.0. The maximum atomic E-state index is 14.6. The predicted octanol–water partition coefficient (Wildman–Crippen LogP) is 3.31. The molecule has 6 nitrogen and oxygen atoms in total. The van der Waals surface area contributed by atoms with Crippen LogP contribution in [0.5, 0.6) is 0 Å². The lowest BCUT2D eigenvalue weighted by Crippen LogP contribution is -2.33. The first-order chi connectivity index (χ1) is 12.3. The molecule has 0 spiro atoms. The van der Waals surface area contributed by atoms with Gasteiger partial charge in [-0.3, -0.25) is 9.59 Å². The molecule has 138 valence electrons. The molecule has 1 N–H and O–H groups in total. The van der Waals surface area contributed by atoms with Gasteiger partial charge in [0.05, 0.1) is 18.5 Å². The van der Waals surface area contributed by atoms with Crippen LogP contribution in [0.1, 0.15) is 32.6 Å². The maximum absolute atomic E-state index is 14.6. The van der Waals surface area contributed by atoms with Gasteiger partial charge in [0.2, 0.25) is 0 Å². The summed E-state index contributed by atoms with van der Waals surface area (Å²) in [5.41, 5.74) is 1.23. The maximum Gasteiger partial charge on any atom is 0.327 e. The van der Waals surface area contributed by atoms with Crippen molar-refractivity contribution >= 4 is 45.1 Å². The Hall–Kier alpha value is -2.22. The van der Waals surface area contributed by atoms with E-state index in [9.17, 15) is 18.8 Å². The molecule has 1 aliphatic carbocycles. The number of hydrogen-bond acceptors (Lipinski definition) is 5. The van der Waals surface area contributed by atoms with Crippen LogP contribution in [0.25, 0.3) is 0 Å². The van der Waals surface area contributed by atoms with Gasteiger partial charge in [-0.25, -0.2) is 14.1 Å². The van der Waals surface area contributed by atoms with Gasteiger partial charge in [-0.2, -0.15) is 0 Å². The third kappa shape index (κ3) is 3.13. The molecule has 0 radical (unpaired) electrons.